The van der Waals surface area contributed by atoms with E-state index in [1.54, 1.807) is 0 Å². The molecule has 0 fully saturated rings. The Morgan fingerprint density at radius 3 is 2.52 bits per heavy atom. The van der Waals surface area contributed by atoms with Crippen LogP contribution >= 0.6 is 0 Å². The number of carbonyl (C=O) groups is 1. The second-order valence-electron chi connectivity index (χ2n) is 6.35. The Balaban J connectivity index is 1.58. The predicted molar refractivity (Wildman–Crippen MR) is 97.0 cm³/mol. The number of fused-ring (bicyclic) bond motifs is 1. The van der Waals surface area contributed by atoms with E-state index in [2.05, 4.69) is 22.3 Å². The Morgan fingerprint density at radius 1 is 1.08 bits per heavy atom. The lowest BCUT2D eigenvalue weighted by Crippen LogP contribution is -2.35. The van der Waals surface area contributed by atoms with Crippen molar-refractivity contribution in [2.45, 2.75) is 12.5 Å². The largest absolute Gasteiger partial charge is 0.486 e. The van der Waals surface area contributed by atoms with Gasteiger partial charge in [-0.1, -0.05) is 36.4 Å². The quantitative estimate of drug-likeness (QED) is 0.877. The van der Waals surface area contributed by atoms with Crippen LogP contribution in [0.15, 0.2) is 48.5 Å². The highest BCUT2D eigenvalue weighted by molar-refractivity contribution is 5.78. The zero-order valence-corrected chi connectivity index (χ0v) is 14.7. The molecule has 0 aromatic heterocycles. The van der Waals surface area contributed by atoms with Gasteiger partial charge in [0, 0.05) is 6.54 Å². The minimum atomic E-state index is -0.000501. The molecule has 1 atom stereocenters. The molecule has 1 N–H and O–H groups in total. The van der Waals surface area contributed by atoms with Crippen molar-refractivity contribution >= 4 is 5.91 Å². The maximum absolute atomic E-state index is 12.3. The molecule has 1 aliphatic rings. The molecular formula is C20H24N2O3. The van der Waals surface area contributed by atoms with Crippen LogP contribution < -0.4 is 14.8 Å². The first-order valence-electron chi connectivity index (χ1n) is 8.50. The third-order valence-electron chi connectivity index (χ3n) is 4.27. The van der Waals surface area contributed by atoms with Crippen molar-refractivity contribution in [3.05, 3.63) is 59.7 Å². The number of amides is 1. The van der Waals surface area contributed by atoms with E-state index in [9.17, 15) is 4.79 Å². The average Bonchev–Trinajstić information content (AvgIpc) is 2.62. The molecule has 0 radical (unpaired) electrons. The normalized spacial score (nSPS) is 14.2. The molecule has 0 aliphatic carbocycles. The minimum absolute atomic E-state index is 0.000501. The molecule has 1 heterocycles. The van der Waals surface area contributed by atoms with Crippen LogP contribution in [0.25, 0.3) is 0 Å². The second kappa shape index (κ2) is 8.03. The summed E-state index contributed by atoms with van der Waals surface area (Å²) in [5.74, 6) is 1.46. The third-order valence-corrected chi connectivity index (χ3v) is 4.27. The Bertz CT molecular complexity index is 716. The summed E-state index contributed by atoms with van der Waals surface area (Å²) in [6.45, 7) is 1.68. The van der Waals surface area contributed by atoms with Crippen LogP contribution in [-0.4, -0.2) is 44.7 Å². The highest BCUT2D eigenvalue weighted by atomic mass is 16.6. The molecule has 5 nitrogen and oxygen atoms in total. The standard InChI is InChI=1S/C20H24N2O3/c1-22(2)17(16-6-4-3-5-7-16)14-21-20(23)13-15-8-9-18-19(12-15)25-11-10-24-18/h3-9,12,17H,10-11,13-14H2,1-2H3,(H,21,23)/t17-/m1/s1. The van der Waals surface area contributed by atoms with Crippen molar-refractivity contribution in [1.29, 1.82) is 0 Å². The van der Waals surface area contributed by atoms with E-state index in [1.807, 2.05) is 50.5 Å². The van der Waals surface area contributed by atoms with Crippen LogP contribution in [0, 0.1) is 0 Å². The fraction of sp³-hybridized carbons (Fsp3) is 0.350. The first kappa shape index (κ1) is 17.3. The smallest absolute Gasteiger partial charge is 0.224 e. The van der Waals surface area contributed by atoms with Crippen LogP contribution in [0.1, 0.15) is 17.2 Å². The molecule has 0 saturated carbocycles. The number of ether oxygens (including phenoxy) is 2. The Hall–Kier alpha value is -2.53. The van der Waals surface area contributed by atoms with E-state index in [0.717, 1.165) is 11.3 Å². The third kappa shape index (κ3) is 4.51. The average molecular weight is 340 g/mol. The molecule has 0 saturated heterocycles. The number of benzene rings is 2. The molecule has 0 bridgehead atoms. The minimum Gasteiger partial charge on any atom is -0.486 e. The van der Waals surface area contributed by atoms with E-state index in [-0.39, 0.29) is 11.9 Å². The topological polar surface area (TPSA) is 50.8 Å². The molecule has 0 spiro atoms. The molecule has 0 unspecified atom stereocenters. The fourth-order valence-electron chi connectivity index (χ4n) is 2.93. The molecular weight excluding hydrogens is 316 g/mol. The van der Waals surface area contributed by atoms with Crippen LogP contribution in [0.2, 0.25) is 0 Å². The van der Waals surface area contributed by atoms with Gasteiger partial charge in [0.25, 0.3) is 0 Å². The predicted octanol–water partition coefficient (Wildman–Crippen LogP) is 2.42. The van der Waals surface area contributed by atoms with Crippen molar-refractivity contribution in [2.75, 3.05) is 33.9 Å². The number of likely N-dealkylation sites (N-methyl/N-ethyl adjacent to an activating group) is 1. The van der Waals surface area contributed by atoms with Gasteiger partial charge < -0.3 is 19.7 Å². The Labute approximate surface area is 148 Å². The number of nitrogens with one attached hydrogen (secondary N) is 1. The molecule has 1 aliphatic heterocycles. The number of carbonyl (C=O) groups excluding carboxylic acids is 1. The Morgan fingerprint density at radius 2 is 1.80 bits per heavy atom. The van der Waals surface area contributed by atoms with Crippen molar-refractivity contribution < 1.29 is 14.3 Å². The molecule has 2 aromatic carbocycles. The summed E-state index contributed by atoms with van der Waals surface area (Å²) in [5.41, 5.74) is 2.11. The molecule has 3 rings (SSSR count). The van der Waals surface area contributed by atoms with Gasteiger partial charge in [-0.25, -0.2) is 0 Å². The van der Waals surface area contributed by atoms with Gasteiger partial charge in [0.1, 0.15) is 13.2 Å². The summed E-state index contributed by atoms with van der Waals surface area (Å²) in [6.07, 6.45) is 0.325. The first-order chi connectivity index (χ1) is 12.1. The summed E-state index contributed by atoms with van der Waals surface area (Å²) in [7, 11) is 4.04. The summed E-state index contributed by atoms with van der Waals surface area (Å²) < 4.78 is 11.1. The Kier molecular flexibility index (Phi) is 5.56. The molecule has 1 amide bonds. The van der Waals surface area contributed by atoms with Gasteiger partial charge in [0.05, 0.1) is 12.5 Å². The number of hydrogen-bond acceptors (Lipinski definition) is 4. The van der Waals surface area contributed by atoms with Crippen molar-refractivity contribution in [3.63, 3.8) is 0 Å². The van der Waals surface area contributed by atoms with Gasteiger partial charge in [0.2, 0.25) is 5.91 Å². The van der Waals surface area contributed by atoms with Crippen molar-refractivity contribution in [1.82, 2.24) is 10.2 Å². The van der Waals surface area contributed by atoms with Crippen LogP contribution in [0.3, 0.4) is 0 Å². The van der Waals surface area contributed by atoms with Gasteiger partial charge in [0.15, 0.2) is 11.5 Å². The van der Waals surface area contributed by atoms with E-state index in [4.69, 9.17) is 9.47 Å². The van der Waals surface area contributed by atoms with Gasteiger partial charge in [-0.2, -0.15) is 0 Å². The second-order valence-corrected chi connectivity index (χ2v) is 6.35. The summed E-state index contributed by atoms with van der Waals surface area (Å²) in [4.78, 5) is 14.4. The van der Waals surface area contributed by atoms with Gasteiger partial charge in [-0.3, -0.25) is 4.79 Å². The first-order valence-corrected chi connectivity index (χ1v) is 8.50. The summed E-state index contributed by atoms with van der Waals surface area (Å²) in [5, 5.41) is 3.04. The molecule has 5 heteroatoms. The lowest BCUT2D eigenvalue weighted by atomic mass is 10.1. The highest BCUT2D eigenvalue weighted by Gasteiger charge is 2.16. The highest BCUT2D eigenvalue weighted by Crippen LogP contribution is 2.30. The zero-order chi connectivity index (χ0) is 17.6. The lowest BCUT2D eigenvalue weighted by molar-refractivity contribution is -0.120. The summed E-state index contributed by atoms with van der Waals surface area (Å²) >= 11 is 0. The zero-order valence-electron chi connectivity index (χ0n) is 14.7. The van der Waals surface area contributed by atoms with E-state index < -0.39 is 0 Å². The van der Waals surface area contributed by atoms with Gasteiger partial charge >= 0.3 is 0 Å². The summed E-state index contributed by atoms with van der Waals surface area (Å²) in [6, 6.07) is 16.0. The number of hydrogen-bond donors (Lipinski definition) is 1. The van der Waals surface area contributed by atoms with Crippen molar-refractivity contribution in [2.24, 2.45) is 0 Å². The van der Waals surface area contributed by atoms with Crippen LogP contribution in [-0.2, 0) is 11.2 Å². The number of rotatable bonds is 6. The van der Waals surface area contributed by atoms with Crippen LogP contribution in [0.4, 0.5) is 0 Å². The maximum atomic E-state index is 12.3. The molecule has 132 valence electrons. The van der Waals surface area contributed by atoms with Crippen molar-refractivity contribution in [3.8, 4) is 11.5 Å². The fourth-order valence-corrected chi connectivity index (χ4v) is 2.93. The van der Waals surface area contributed by atoms with E-state index in [1.165, 1.54) is 5.56 Å². The van der Waals surface area contributed by atoms with Gasteiger partial charge in [-0.05, 0) is 37.4 Å². The number of nitrogens with zero attached hydrogens (tertiary/aromatic N) is 1. The van der Waals surface area contributed by atoms with Gasteiger partial charge in [-0.15, -0.1) is 0 Å². The SMILES string of the molecule is CN(C)[C@H](CNC(=O)Cc1ccc2c(c1)OCCO2)c1ccccc1. The molecule has 2 aromatic rings. The lowest BCUT2D eigenvalue weighted by Gasteiger charge is -2.25. The van der Waals surface area contributed by atoms with E-state index >= 15 is 0 Å². The van der Waals surface area contributed by atoms with E-state index in [0.29, 0.717) is 31.9 Å². The monoisotopic (exact) mass is 340 g/mol. The molecule has 25 heavy (non-hydrogen) atoms. The maximum Gasteiger partial charge on any atom is 0.224 e. The van der Waals surface area contributed by atoms with Crippen LogP contribution in [0.5, 0.6) is 11.5 Å².